The molecular weight excluding hydrogens is 230 g/mol. The number of anilines is 1. The van der Waals surface area contributed by atoms with E-state index in [0.29, 0.717) is 0 Å². The lowest BCUT2D eigenvalue weighted by Gasteiger charge is -2.24. The van der Waals surface area contributed by atoms with Crippen LogP contribution in [0, 0.1) is 0 Å². The van der Waals surface area contributed by atoms with Gasteiger partial charge in [0.1, 0.15) is 0 Å². The van der Waals surface area contributed by atoms with Crippen molar-refractivity contribution in [3.8, 4) is 11.1 Å². The van der Waals surface area contributed by atoms with Crippen LogP contribution in [0.5, 0.6) is 0 Å². The fraction of sp³-hybridized carbons (Fsp3) is 0.333. The Morgan fingerprint density at radius 1 is 0.842 bits per heavy atom. The van der Waals surface area contributed by atoms with Gasteiger partial charge in [-0.05, 0) is 28.7 Å². The molecule has 0 aliphatic heterocycles. The van der Waals surface area contributed by atoms with Crippen LogP contribution in [0.15, 0.2) is 48.5 Å². The van der Waals surface area contributed by atoms with Crippen molar-refractivity contribution in [1.82, 2.24) is 0 Å². The average molecular weight is 253 g/mol. The van der Waals surface area contributed by atoms with Gasteiger partial charge in [-0.1, -0.05) is 57.2 Å². The van der Waals surface area contributed by atoms with Crippen LogP contribution in [-0.2, 0) is 5.41 Å². The lowest BCUT2D eigenvalue weighted by molar-refractivity contribution is 0.590. The highest BCUT2D eigenvalue weighted by molar-refractivity contribution is 5.79. The molecule has 0 N–H and O–H groups in total. The Bertz CT molecular complexity index is 548. The second-order valence-electron chi connectivity index (χ2n) is 6.24. The molecule has 2 aromatic rings. The minimum atomic E-state index is 0.175. The SMILES string of the molecule is CN(C)c1ccc(C(C)(C)C)cc1-c1ccccc1. The van der Waals surface area contributed by atoms with Gasteiger partial charge >= 0.3 is 0 Å². The topological polar surface area (TPSA) is 3.24 Å². The van der Waals surface area contributed by atoms with E-state index in [1.54, 1.807) is 0 Å². The molecule has 1 nitrogen and oxygen atoms in total. The molecule has 2 rings (SSSR count). The van der Waals surface area contributed by atoms with Gasteiger partial charge in [-0.15, -0.1) is 0 Å². The molecule has 0 radical (unpaired) electrons. The molecule has 0 amide bonds. The summed E-state index contributed by atoms with van der Waals surface area (Å²) in [5.41, 5.74) is 5.39. The van der Waals surface area contributed by atoms with Crippen molar-refractivity contribution in [2.24, 2.45) is 0 Å². The first-order valence-corrected chi connectivity index (χ1v) is 6.77. The zero-order chi connectivity index (χ0) is 14.0. The minimum Gasteiger partial charge on any atom is -0.377 e. The van der Waals surface area contributed by atoms with Gasteiger partial charge in [0.25, 0.3) is 0 Å². The van der Waals surface area contributed by atoms with Crippen molar-refractivity contribution < 1.29 is 0 Å². The monoisotopic (exact) mass is 253 g/mol. The van der Waals surface area contributed by atoms with Crippen molar-refractivity contribution in [1.29, 1.82) is 0 Å². The molecule has 19 heavy (non-hydrogen) atoms. The van der Waals surface area contributed by atoms with E-state index in [0.717, 1.165) is 0 Å². The molecule has 0 saturated carbocycles. The molecule has 100 valence electrons. The third-order valence-electron chi connectivity index (χ3n) is 3.43. The van der Waals surface area contributed by atoms with Gasteiger partial charge in [0.05, 0.1) is 0 Å². The molecule has 0 fully saturated rings. The van der Waals surface area contributed by atoms with Crippen LogP contribution in [0.3, 0.4) is 0 Å². The number of benzene rings is 2. The van der Waals surface area contributed by atoms with Crippen molar-refractivity contribution in [2.45, 2.75) is 26.2 Å². The highest BCUT2D eigenvalue weighted by atomic mass is 15.1. The second-order valence-corrected chi connectivity index (χ2v) is 6.24. The number of nitrogens with zero attached hydrogens (tertiary/aromatic N) is 1. The Morgan fingerprint density at radius 3 is 2.00 bits per heavy atom. The fourth-order valence-corrected chi connectivity index (χ4v) is 2.24. The van der Waals surface area contributed by atoms with Crippen LogP contribution in [0.2, 0.25) is 0 Å². The summed E-state index contributed by atoms with van der Waals surface area (Å²) < 4.78 is 0. The van der Waals surface area contributed by atoms with Crippen LogP contribution >= 0.6 is 0 Å². The van der Waals surface area contributed by atoms with Crippen LogP contribution in [0.1, 0.15) is 26.3 Å². The smallest absolute Gasteiger partial charge is 0.0440 e. The van der Waals surface area contributed by atoms with Gasteiger partial charge in [-0.25, -0.2) is 0 Å². The van der Waals surface area contributed by atoms with E-state index in [1.807, 2.05) is 0 Å². The summed E-state index contributed by atoms with van der Waals surface area (Å²) in [4.78, 5) is 2.18. The summed E-state index contributed by atoms with van der Waals surface area (Å²) in [5.74, 6) is 0. The molecule has 0 atom stereocenters. The van der Waals surface area contributed by atoms with Gasteiger partial charge in [0.15, 0.2) is 0 Å². The van der Waals surface area contributed by atoms with Crippen LogP contribution in [-0.4, -0.2) is 14.1 Å². The average Bonchev–Trinajstić information content (AvgIpc) is 2.38. The Labute approximate surface area is 116 Å². The van der Waals surface area contributed by atoms with E-state index in [2.05, 4.69) is 88.3 Å². The third kappa shape index (κ3) is 2.98. The second kappa shape index (κ2) is 5.08. The van der Waals surface area contributed by atoms with E-state index in [9.17, 15) is 0 Å². The molecule has 0 unspecified atom stereocenters. The zero-order valence-electron chi connectivity index (χ0n) is 12.6. The highest BCUT2D eigenvalue weighted by Crippen LogP contribution is 2.34. The molecule has 0 saturated heterocycles. The summed E-state index contributed by atoms with van der Waals surface area (Å²) in [6.07, 6.45) is 0. The molecule has 0 bridgehead atoms. The van der Waals surface area contributed by atoms with Crippen molar-refractivity contribution >= 4 is 5.69 Å². The van der Waals surface area contributed by atoms with E-state index in [-0.39, 0.29) is 5.41 Å². The summed E-state index contributed by atoms with van der Waals surface area (Å²) in [5, 5.41) is 0. The first kappa shape index (κ1) is 13.7. The van der Waals surface area contributed by atoms with Crippen LogP contribution in [0.25, 0.3) is 11.1 Å². The van der Waals surface area contributed by atoms with Gasteiger partial charge in [0.2, 0.25) is 0 Å². The highest BCUT2D eigenvalue weighted by Gasteiger charge is 2.16. The maximum absolute atomic E-state index is 2.32. The lowest BCUT2D eigenvalue weighted by atomic mass is 9.85. The molecule has 0 spiro atoms. The number of hydrogen-bond donors (Lipinski definition) is 0. The Balaban J connectivity index is 2.61. The maximum atomic E-state index is 2.32. The number of rotatable bonds is 2. The standard InChI is InChI=1S/C18H23N/c1-18(2,3)15-11-12-17(19(4)5)16(13-15)14-9-7-6-8-10-14/h6-13H,1-5H3. The van der Waals surface area contributed by atoms with Gasteiger partial charge < -0.3 is 4.90 Å². The van der Waals surface area contributed by atoms with E-state index >= 15 is 0 Å². The van der Waals surface area contributed by atoms with Crippen LogP contribution < -0.4 is 4.90 Å². The Hall–Kier alpha value is -1.76. The normalized spacial score (nSPS) is 11.4. The molecule has 0 heterocycles. The van der Waals surface area contributed by atoms with Gasteiger partial charge in [0, 0.05) is 25.3 Å². The van der Waals surface area contributed by atoms with Crippen molar-refractivity contribution in [3.63, 3.8) is 0 Å². The Kier molecular flexibility index (Phi) is 3.66. The zero-order valence-corrected chi connectivity index (χ0v) is 12.6. The van der Waals surface area contributed by atoms with E-state index < -0.39 is 0 Å². The van der Waals surface area contributed by atoms with Crippen LogP contribution in [0.4, 0.5) is 5.69 Å². The predicted molar refractivity (Wildman–Crippen MR) is 84.9 cm³/mol. The largest absolute Gasteiger partial charge is 0.377 e. The van der Waals surface area contributed by atoms with Crippen molar-refractivity contribution in [3.05, 3.63) is 54.1 Å². The van der Waals surface area contributed by atoms with Crippen molar-refractivity contribution in [2.75, 3.05) is 19.0 Å². The quantitative estimate of drug-likeness (QED) is 0.748. The summed E-state index contributed by atoms with van der Waals surface area (Å²) in [6, 6.07) is 17.4. The summed E-state index contributed by atoms with van der Waals surface area (Å²) in [6.45, 7) is 6.77. The van der Waals surface area contributed by atoms with E-state index in [4.69, 9.17) is 0 Å². The molecular formula is C18H23N. The number of hydrogen-bond acceptors (Lipinski definition) is 1. The Morgan fingerprint density at radius 2 is 1.47 bits per heavy atom. The summed E-state index contributed by atoms with van der Waals surface area (Å²) >= 11 is 0. The maximum Gasteiger partial charge on any atom is 0.0440 e. The fourth-order valence-electron chi connectivity index (χ4n) is 2.24. The van der Waals surface area contributed by atoms with E-state index in [1.165, 1.54) is 22.4 Å². The van der Waals surface area contributed by atoms with Gasteiger partial charge in [-0.2, -0.15) is 0 Å². The molecule has 2 aromatic carbocycles. The molecule has 0 aliphatic carbocycles. The molecule has 0 aliphatic rings. The van der Waals surface area contributed by atoms with Gasteiger partial charge in [-0.3, -0.25) is 0 Å². The molecule has 1 heteroatoms. The first-order chi connectivity index (χ1) is 8.89. The summed E-state index contributed by atoms with van der Waals surface area (Å²) in [7, 11) is 4.19. The lowest BCUT2D eigenvalue weighted by Crippen LogP contribution is -2.14. The first-order valence-electron chi connectivity index (χ1n) is 6.77. The minimum absolute atomic E-state index is 0.175. The third-order valence-corrected chi connectivity index (χ3v) is 3.43. The predicted octanol–water partition coefficient (Wildman–Crippen LogP) is 4.72. The molecule has 0 aromatic heterocycles.